The molecule has 2 nitrogen and oxygen atoms in total. The average molecular weight is 174 g/mol. The molecule has 1 aliphatic rings. The Balaban J connectivity index is 2.86. The Kier molecular flexibility index (Phi) is 2.75. The molecule has 0 unspecified atom stereocenters. The summed E-state index contributed by atoms with van der Waals surface area (Å²) in [6.45, 7) is 5.48. The normalized spacial score (nSPS) is 16.5. The molecule has 0 heterocycles. The van der Waals surface area contributed by atoms with Gasteiger partial charge in [0.1, 0.15) is 0 Å². The molecule has 0 amide bonds. The zero-order valence-electron chi connectivity index (χ0n) is 7.41. The second-order valence-corrected chi connectivity index (χ2v) is 2.88. The summed E-state index contributed by atoms with van der Waals surface area (Å²) in [4.78, 5) is 22.1. The van der Waals surface area contributed by atoms with Gasteiger partial charge in [0.25, 0.3) is 0 Å². The second-order valence-electron chi connectivity index (χ2n) is 2.88. The molecule has 0 saturated carbocycles. The predicted octanol–water partition coefficient (Wildman–Crippen LogP) is 1.75. The van der Waals surface area contributed by atoms with E-state index in [1.54, 1.807) is 12.2 Å². The van der Waals surface area contributed by atoms with Crippen LogP contribution >= 0.6 is 0 Å². The molecule has 0 aromatic carbocycles. The highest BCUT2D eigenvalue weighted by atomic mass is 16.1. The fourth-order valence-electron chi connectivity index (χ4n) is 0.889. The van der Waals surface area contributed by atoms with Crippen molar-refractivity contribution < 1.29 is 9.59 Å². The summed E-state index contributed by atoms with van der Waals surface area (Å²) >= 11 is 0. The number of hydrogen-bond acceptors (Lipinski definition) is 2. The lowest BCUT2D eigenvalue weighted by atomic mass is 10.0. The van der Waals surface area contributed by atoms with Crippen LogP contribution in [0.1, 0.15) is 6.92 Å². The maximum absolute atomic E-state index is 11.2. The first-order valence-electron chi connectivity index (χ1n) is 3.91. The molecule has 0 aromatic heterocycles. The molecule has 66 valence electrons. The van der Waals surface area contributed by atoms with E-state index in [9.17, 15) is 9.59 Å². The van der Waals surface area contributed by atoms with E-state index < -0.39 is 0 Å². The number of allylic oxidation sites excluding steroid dienone is 7. The van der Waals surface area contributed by atoms with Crippen LogP contribution in [-0.4, -0.2) is 11.6 Å². The molecule has 13 heavy (non-hydrogen) atoms. The van der Waals surface area contributed by atoms with Gasteiger partial charge in [-0.15, -0.1) is 0 Å². The molecule has 1 aliphatic carbocycles. The van der Waals surface area contributed by atoms with E-state index >= 15 is 0 Å². The Labute approximate surface area is 76.9 Å². The van der Waals surface area contributed by atoms with Crippen molar-refractivity contribution >= 4 is 11.6 Å². The molecule has 1 rings (SSSR count). The van der Waals surface area contributed by atoms with Gasteiger partial charge in [0.05, 0.1) is 0 Å². The number of ketones is 2. The van der Waals surface area contributed by atoms with Crippen LogP contribution in [0.25, 0.3) is 0 Å². The summed E-state index contributed by atoms with van der Waals surface area (Å²) in [6.07, 6.45) is 7.17. The van der Waals surface area contributed by atoms with Crippen LogP contribution in [0.4, 0.5) is 0 Å². The van der Waals surface area contributed by atoms with Gasteiger partial charge >= 0.3 is 0 Å². The highest BCUT2D eigenvalue weighted by Crippen LogP contribution is 2.07. The van der Waals surface area contributed by atoms with Crippen LogP contribution in [-0.2, 0) is 9.59 Å². The number of carbonyl (C=O) groups is 2. The van der Waals surface area contributed by atoms with Gasteiger partial charge in [-0.1, -0.05) is 24.3 Å². The first-order chi connectivity index (χ1) is 6.09. The third kappa shape index (κ3) is 2.67. The van der Waals surface area contributed by atoms with Gasteiger partial charge < -0.3 is 0 Å². The van der Waals surface area contributed by atoms with Gasteiger partial charge in [0, 0.05) is 5.57 Å². The van der Waals surface area contributed by atoms with E-state index in [1.807, 2.05) is 6.92 Å². The van der Waals surface area contributed by atoms with Crippen molar-refractivity contribution in [3.63, 3.8) is 0 Å². The third-order valence-electron chi connectivity index (χ3n) is 1.53. The van der Waals surface area contributed by atoms with E-state index in [4.69, 9.17) is 0 Å². The molecule has 0 saturated heterocycles. The standard InChI is InChI=1S/C11H10O2/c1-8(2)3-4-9-7-10(12)5-6-11(9)13/h3-7H,1H2,2H3. The van der Waals surface area contributed by atoms with Gasteiger partial charge in [-0.25, -0.2) is 0 Å². The predicted molar refractivity (Wildman–Crippen MR) is 51.2 cm³/mol. The number of rotatable bonds is 2. The third-order valence-corrected chi connectivity index (χ3v) is 1.53. The minimum Gasteiger partial charge on any atom is -0.290 e. The molecule has 2 heteroatoms. The number of hydrogen-bond donors (Lipinski definition) is 0. The quantitative estimate of drug-likeness (QED) is 0.472. The fourth-order valence-corrected chi connectivity index (χ4v) is 0.889. The van der Waals surface area contributed by atoms with Crippen molar-refractivity contribution in [1.82, 2.24) is 0 Å². The van der Waals surface area contributed by atoms with Gasteiger partial charge in [-0.2, -0.15) is 0 Å². The molecule has 0 N–H and O–H groups in total. The van der Waals surface area contributed by atoms with E-state index in [0.29, 0.717) is 5.57 Å². The Hall–Kier alpha value is -1.70. The molecule has 0 aliphatic heterocycles. The van der Waals surface area contributed by atoms with Crippen LogP contribution in [0, 0.1) is 0 Å². The Morgan fingerprint density at radius 3 is 2.69 bits per heavy atom. The summed E-state index contributed by atoms with van der Waals surface area (Å²) in [7, 11) is 0. The minimum absolute atomic E-state index is 0.142. The van der Waals surface area contributed by atoms with Crippen molar-refractivity contribution in [2.24, 2.45) is 0 Å². The SMILES string of the molecule is C=C(C)C=CC1=CC(=O)C=CC1=O. The van der Waals surface area contributed by atoms with Crippen molar-refractivity contribution in [2.45, 2.75) is 6.92 Å². The first kappa shape index (κ1) is 9.39. The topological polar surface area (TPSA) is 34.1 Å². The van der Waals surface area contributed by atoms with Gasteiger partial charge in [-0.05, 0) is 25.2 Å². The van der Waals surface area contributed by atoms with Crippen LogP contribution in [0.3, 0.4) is 0 Å². The van der Waals surface area contributed by atoms with Crippen molar-refractivity contribution in [2.75, 3.05) is 0 Å². The van der Waals surface area contributed by atoms with Crippen LogP contribution in [0.2, 0.25) is 0 Å². The average Bonchev–Trinajstić information content (AvgIpc) is 2.06. The molecule has 0 bridgehead atoms. The molecule has 0 atom stereocenters. The summed E-state index contributed by atoms with van der Waals surface area (Å²) in [5.74, 6) is -0.293. The zero-order chi connectivity index (χ0) is 9.84. The molecule has 0 fully saturated rings. The summed E-state index contributed by atoms with van der Waals surface area (Å²) < 4.78 is 0. The molecular weight excluding hydrogens is 164 g/mol. The number of carbonyl (C=O) groups excluding carboxylic acids is 2. The van der Waals surface area contributed by atoms with E-state index in [0.717, 1.165) is 5.57 Å². The van der Waals surface area contributed by atoms with E-state index in [1.165, 1.54) is 18.2 Å². The van der Waals surface area contributed by atoms with Crippen molar-refractivity contribution in [3.05, 3.63) is 48.1 Å². The molecular formula is C11H10O2. The maximum Gasteiger partial charge on any atom is 0.186 e. The van der Waals surface area contributed by atoms with Crippen LogP contribution < -0.4 is 0 Å². The smallest absolute Gasteiger partial charge is 0.186 e. The monoisotopic (exact) mass is 174 g/mol. The largest absolute Gasteiger partial charge is 0.290 e. The van der Waals surface area contributed by atoms with Gasteiger partial charge in [0.2, 0.25) is 0 Å². The highest BCUT2D eigenvalue weighted by molar-refractivity contribution is 6.18. The van der Waals surface area contributed by atoms with Crippen molar-refractivity contribution in [3.8, 4) is 0 Å². The molecule has 0 radical (unpaired) electrons. The maximum atomic E-state index is 11.2. The molecule has 0 aromatic rings. The zero-order valence-corrected chi connectivity index (χ0v) is 7.41. The summed E-state index contributed by atoms with van der Waals surface area (Å²) in [5, 5.41) is 0. The van der Waals surface area contributed by atoms with Gasteiger partial charge in [-0.3, -0.25) is 9.59 Å². The molecule has 0 spiro atoms. The lowest BCUT2D eigenvalue weighted by Crippen LogP contribution is -2.05. The van der Waals surface area contributed by atoms with E-state index in [2.05, 4.69) is 6.58 Å². The Morgan fingerprint density at radius 1 is 1.38 bits per heavy atom. The lowest BCUT2D eigenvalue weighted by molar-refractivity contribution is -0.114. The van der Waals surface area contributed by atoms with Crippen LogP contribution in [0.5, 0.6) is 0 Å². The van der Waals surface area contributed by atoms with Gasteiger partial charge in [0.15, 0.2) is 11.6 Å². The first-order valence-corrected chi connectivity index (χ1v) is 3.91. The Bertz CT molecular complexity index is 354. The van der Waals surface area contributed by atoms with Crippen LogP contribution in [0.15, 0.2) is 48.1 Å². The highest BCUT2D eigenvalue weighted by Gasteiger charge is 2.09. The summed E-state index contributed by atoms with van der Waals surface area (Å²) in [6, 6.07) is 0. The minimum atomic E-state index is -0.152. The Morgan fingerprint density at radius 2 is 2.08 bits per heavy atom. The van der Waals surface area contributed by atoms with E-state index in [-0.39, 0.29) is 11.6 Å². The second kappa shape index (κ2) is 3.81. The summed E-state index contributed by atoms with van der Waals surface area (Å²) in [5.41, 5.74) is 1.26. The van der Waals surface area contributed by atoms with Crippen molar-refractivity contribution in [1.29, 1.82) is 0 Å². The fraction of sp³-hybridized carbons (Fsp3) is 0.0909. The lowest BCUT2D eigenvalue weighted by Gasteiger charge is -2.00.